The summed E-state index contributed by atoms with van der Waals surface area (Å²) in [5.74, 6) is 0.595. The van der Waals surface area contributed by atoms with Gasteiger partial charge in [-0.15, -0.1) is 11.3 Å². The summed E-state index contributed by atoms with van der Waals surface area (Å²) in [4.78, 5) is 0. The lowest BCUT2D eigenvalue weighted by Crippen LogP contribution is -2.39. The molecular weight excluding hydrogens is 307 g/mol. The highest BCUT2D eigenvalue weighted by atomic mass is 127. The Kier molecular flexibility index (Phi) is 5.36. The van der Waals surface area contributed by atoms with Crippen LogP contribution in [0.1, 0.15) is 19.4 Å². The Balaban J connectivity index is 2.39. The van der Waals surface area contributed by atoms with E-state index in [1.54, 1.807) is 11.3 Å². The van der Waals surface area contributed by atoms with Crippen molar-refractivity contribution < 1.29 is 0 Å². The number of thiophene rings is 1. The lowest BCUT2D eigenvalue weighted by molar-refractivity contribution is 0.405. The molecule has 0 aromatic carbocycles. The van der Waals surface area contributed by atoms with Gasteiger partial charge in [-0.25, -0.2) is 0 Å². The van der Waals surface area contributed by atoms with Gasteiger partial charge >= 0.3 is 0 Å². The van der Waals surface area contributed by atoms with Crippen molar-refractivity contribution in [1.82, 2.24) is 5.32 Å². The second-order valence-electron chi connectivity index (χ2n) is 3.73. The Hall–Kier alpha value is 0.350. The fourth-order valence-corrected chi connectivity index (χ4v) is 2.69. The van der Waals surface area contributed by atoms with E-state index in [1.807, 2.05) is 0 Å². The summed E-state index contributed by atoms with van der Waals surface area (Å²) in [6, 6.07) is 2.64. The van der Waals surface area contributed by atoms with E-state index < -0.39 is 0 Å². The largest absolute Gasteiger partial charge is 0.329 e. The SMILES string of the molecule is CC(C)C(CN)NCc1csc(I)c1. The van der Waals surface area contributed by atoms with Crippen LogP contribution in [0.5, 0.6) is 0 Å². The third-order valence-electron chi connectivity index (χ3n) is 2.25. The predicted molar refractivity (Wildman–Crippen MR) is 71.6 cm³/mol. The third-order valence-corrected chi connectivity index (χ3v) is 4.09. The van der Waals surface area contributed by atoms with Gasteiger partial charge in [0.05, 0.1) is 2.88 Å². The van der Waals surface area contributed by atoms with E-state index in [9.17, 15) is 0 Å². The van der Waals surface area contributed by atoms with Crippen molar-refractivity contribution in [2.75, 3.05) is 6.54 Å². The topological polar surface area (TPSA) is 38.0 Å². The van der Waals surface area contributed by atoms with E-state index in [0.29, 0.717) is 18.5 Å². The quantitative estimate of drug-likeness (QED) is 0.817. The van der Waals surface area contributed by atoms with Gasteiger partial charge in [0.2, 0.25) is 0 Å². The molecule has 1 aromatic heterocycles. The van der Waals surface area contributed by atoms with Crippen LogP contribution >= 0.6 is 33.9 Å². The van der Waals surface area contributed by atoms with Crippen LogP contribution in [0.3, 0.4) is 0 Å². The van der Waals surface area contributed by atoms with Crippen LogP contribution in [0.2, 0.25) is 0 Å². The smallest absolute Gasteiger partial charge is 0.0656 e. The average Bonchev–Trinajstić information content (AvgIpc) is 2.52. The number of nitrogens with two attached hydrogens (primary N) is 1. The molecule has 2 nitrogen and oxygen atoms in total. The highest BCUT2D eigenvalue weighted by Gasteiger charge is 2.10. The van der Waals surface area contributed by atoms with Gasteiger partial charge in [-0.2, -0.15) is 0 Å². The van der Waals surface area contributed by atoms with Crippen molar-refractivity contribution in [2.45, 2.75) is 26.4 Å². The third kappa shape index (κ3) is 3.84. The summed E-state index contributed by atoms with van der Waals surface area (Å²) in [6.07, 6.45) is 0. The van der Waals surface area contributed by atoms with Crippen molar-refractivity contribution in [3.05, 3.63) is 19.9 Å². The van der Waals surface area contributed by atoms with Gasteiger partial charge in [0, 0.05) is 19.1 Å². The summed E-state index contributed by atoms with van der Waals surface area (Å²) < 4.78 is 1.34. The van der Waals surface area contributed by atoms with E-state index in [1.165, 1.54) is 8.45 Å². The van der Waals surface area contributed by atoms with Crippen molar-refractivity contribution in [2.24, 2.45) is 11.7 Å². The summed E-state index contributed by atoms with van der Waals surface area (Å²) in [7, 11) is 0. The van der Waals surface area contributed by atoms with Gasteiger partial charge in [0.25, 0.3) is 0 Å². The molecule has 1 atom stereocenters. The maximum Gasteiger partial charge on any atom is 0.0656 e. The van der Waals surface area contributed by atoms with Gasteiger partial charge < -0.3 is 11.1 Å². The molecule has 0 bridgehead atoms. The van der Waals surface area contributed by atoms with Gasteiger partial charge in [0.15, 0.2) is 0 Å². The summed E-state index contributed by atoms with van der Waals surface area (Å²) in [5, 5.41) is 5.67. The molecule has 0 fully saturated rings. The summed E-state index contributed by atoms with van der Waals surface area (Å²) in [5.41, 5.74) is 7.04. The standard InChI is InChI=1S/C10H17IN2S/c1-7(2)9(4-12)13-5-8-3-10(11)14-6-8/h3,6-7,9,13H,4-5,12H2,1-2H3. The Morgan fingerprint density at radius 1 is 1.57 bits per heavy atom. The van der Waals surface area contributed by atoms with Crippen LogP contribution in [-0.4, -0.2) is 12.6 Å². The number of hydrogen-bond acceptors (Lipinski definition) is 3. The normalized spacial score (nSPS) is 13.5. The van der Waals surface area contributed by atoms with Gasteiger partial charge in [-0.1, -0.05) is 13.8 Å². The number of rotatable bonds is 5. The zero-order valence-corrected chi connectivity index (χ0v) is 11.6. The molecule has 1 aromatic rings. The molecule has 0 saturated carbocycles. The van der Waals surface area contributed by atoms with Gasteiger partial charge in [-0.05, 0) is 45.5 Å². The molecule has 3 N–H and O–H groups in total. The first kappa shape index (κ1) is 12.4. The van der Waals surface area contributed by atoms with E-state index in [-0.39, 0.29) is 0 Å². The average molecular weight is 324 g/mol. The Morgan fingerprint density at radius 3 is 2.71 bits per heavy atom. The maximum absolute atomic E-state index is 5.68. The fourth-order valence-electron chi connectivity index (χ4n) is 1.28. The van der Waals surface area contributed by atoms with Crippen molar-refractivity contribution in [3.8, 4) is 0 Å². The molecule has 1 unspecified atom stereocenters. The molecule has 0 amide bonds. The number of hydrogen-bond donors (Lipinski definition) is 2. The van der Waals surface area contributed by atoms with Crippen molar-refractivity contribution in [1.29, 1.82) is 0 Å². The zero-order chi connectivity index (χ0) is 10.6. The van der Waals surface area contributed by atoms with Crippen molar-refractivity contribution >= 4 is 33.9 Å². The lowest BCUT2D eigenvalue weighted by atomic mass is 10.0. The van der Waals surface area contributed by atoms with Crippen LogP contribution in [-0.2, 0) is 6.54 Å². The van der Waals surface area contributed by atoms with E-state index in [4.69, 9.17) is 5.73 Å². The monoisotopic (exact) mass is 324 g/mol. The zero-order valence-electron chi connectivity index (χ0n) is 8.59. The molecule has 0 saturated heterocycles. The van der Waals surface area contributed by atoms with Crippen LogP contribution in [0.4, 0.5) is 0 Å². The molecule has 0 aliphatic carbocycles. The molecule has 0 radical (unpaired) electrons. The van der Waals surface area contributed by atoms with Crippen molar-refractivity contribution in [3.63, 3.8) is 0 Å². The van der Waals surface area contributed by atoms with E-state index in [0.717, 1.165) is 6.54 Å². The Labute approximate surface area is 103 Å². The first-order valence-corrected chi connectivity index (χ1v) is 6.75. The molecule has 1 heterocycles. The van der Waals surface area contributed by atoms with Crippen LogP contribution in [0, 0.1) is 8.80 Å². The minimum atomic E-state index is 0.424. The number of nitrogens with one attached hydrogen (secondary N) is 1. The first-order valence-electron chi connectivity index (χ1n) is 4.80. The predicted octanol–water partition coefficient (Wildman–Crippen LogP) is 2.43. The van der Waals surface area contributed by atoms with Crippen LogP contribution in [0.25, 0.3) is 0 Å². The second-order valence-corrected chi connectivity index (χ2v) is 6.53. The molecular formula is C10H17IN2S. The molecule has 4 heteroatoms. The van der Waals surface area contributed by atoms with Gasteiger partial charge in [0.1, 0.15) is 0 Å². The van der Waals surface area contributed by atoms with E-state index in [2.05, 4.69) is 53.2 Å². The molecule has 80 valence electrons. The second kappa shape index (κ2) is 6.05. The van der Waals surface area contributed by atoms with Crippen LogP contribution < -0.4 is 11.1 Å². The highest BCUT2D eigenvalue weighted by Crippen LogP contribution is 2.16. The van der Waals surface area contributed by atoms with E-state index >= 15 is 0 Å². The highest BCUT2D eigenvalue weighted by molar-refractivity contribution is 14.1. The lowest BCUT2D eigenvalue weighted by Gasteiger charge is -2.20. The fraction of sp³-hybridized carbons (Fsp3) is 0.600. The summed E-state index contributed by atoms with van der Waals surface area (Å²) in [6.45, 7) is 6.03. The Morgan fingerprint density at radius 2 is 2.29 bits per heavy atom. The molecule has 0 aliphatic heterocycles. The van der Waals surface area contributed by atoms with Gasteiger partial charge in [-0.3, -0.25) is 0 Å². The summed E-state index contributed by atoms with van der Waals surface area (Å²) >= 11 is 4.13. The first-order chi connectivity index (χ1) is 6.63. The minimum absolute atomic E-state index is 0.424. The molecule has 0 aliphatic rings. The number of halogens is 1. The molecule has 1 rings (SSSR count). The minimum Gasteiger partial charge on any atom is -0.329 e. The Bertz CT molecular complexity index is 273. The molecule has 14 heavy (non-hydrogen) atoms. The maximum atomic E-state index is 5.68. The van der Waals surface area contributed by atoms with Crippen LogP contribution in [0.15, 0.2) is 11.4 Å². The molecule has 0 spiro atoms.